The molecule has 2 heterocycles. The minimum Gasteiger partial charge on any atom is -0.346 e. The second kappa shape index (κ2) is 8.14. The molecular weight excluding hydrogens is 300 g/mol. The molecule has 0 spiro atoms. The van der Waals surface area contributed by atoms with E-state index in [0.717, 1.165) is 31.9 Å². The molecule has 2 aliphatic heterocycles. The molecule has 1 saturated heterocycles. The van der Waals surface area contributed by atoms with Crippen molar-refractivity contribution in [2.24, 2.45) is 22.7 Å². The molecule has 1 fully saturated rings. The van der Waals surface area contributed by atoms with Crippen LogP contribution in [0, 0.1) is 29.1 Å². The minimum absolute atomic E-state index is 0.0183. The number of nitrogens with zero attached hydrogens (tertiary/aromatic N) is 3. The van der Waals surface area contributed by atoms with Crippen molar-refractivity contribution in [3.63, 3.8) is 0 Å². The Morgan fingerprint density at radius 2 is 2.33 bits per heavy atom. The Morgan fingerprint density at radius 3 is 3.00 bits per heavy atom. The van der Waals surface area contributed by atoms with Gasteiger partial charge in [-0.15, -0.1) is 0 Å². The summed E-state index contributed by atoms with van der Waals surface area (Å²) in [5.74, 6) is 2.24. The number of likely N-dealkylation sites (tertiary alicyclic amines) is 1. The van der Waals surface area contributed by atoms with Crippen LogP contribution in [-0.2, 0) is 4.79 Å². The zero-order valence-corrected chi connectivity index (χ0v) is 15.2. The summed E-state index contributed by atoms with van der Waals surface area (Å²) in [5, 5.41) is 12.0. The maximum atomic E-state index is 12.1. The molecule has 0 saturated carbocycles. The topological polar surface area (TPSA) is 68.5 Å². The van der Waals surface area contributed by atoms with E-state index in [1.807, 2.05) is 24.1 Å². The molecule has 0 bridgehead atoms. The number of amides is 1. The second-order valence-electron chi connectivity index (χ2n) is 6.79. The first-order chi connectivity index (χ1) is 11.5. The number of rotatable bonds is 4. The first kappa shape index (κ1) is 18.3. The van der Waals surface area contributed by atoms with Gasteiger partial charge in [0.25, 0.3) is 0 Å². The molecule has 24 heavy (non-hydrogen) atoms. The van der Waals surface area contributed by atoms with Crippen molar-refractivity contribution in [1.82, 2.24) is 10.2 Å². The lowest BCUT2D eigenvalue weighted by atomic mass is 9.75. The van der Waals surface area contributed by atoms with Gasteiger partial charge in [0, 0.05) is 31.4 Å². The van der Waals surface area contributed by atoms with Gasteiger partial charge in [0.1, 0.15) is 12.3 Å². The summed E-state index contributed by atoms with van der Waals surface area (Å²) in [4.78, 5) is 18.5. The van der Waals surface area contributed by atoms with E-state index in [1.165, 1.54) is 11.1 Å². The number of hydrogen-bond acceptors (Lipinski definition) is 3. The molecule has 3 atom stereocenters. The highest BCUT2D eigenvalue weighted by molar-refractivity contribution is 6.04. The summed E-state index contributed by atoms with van der Waals surface area (Å²) in [5.41, 5.74) is 2.49. The van der Waals surface area contributed by atoms with E-state index in [2.05, 4.69) is 37.2 Å². The summed E-state index contributed by atoms with van der Waals surface area (Å²) in [6.45, 7) is 11.0. The van der Waals surface area contributed by atoms with Crippen molar-refractivity contribution >= 4 is 11.7 Å². The third-order valence-electron chi connectivity index (χ3n) is 5.39. The average Bonchev–Trinajstić information content (AvgIpc) is 3.02. The average molecular weight is 328 g/mol. The Morgan fingerprint density at radius 1 is 1.58 bits per heavy atom. The number of carbonyl (C=O) groups excluding carboxylic acids is 1. The maximum Gasteiger partial charge on any atom is 0.236 e. The molecular formula is C19H28N4O. The van der Waals surface area contributed by atoms with E-state index in [-0.39, 0.29) is 12.3 Å². The van der Waals surface area contributed by atoms with Gasteiger partial charge in [-0.05, 0) is 44.1 Å². The molecule has 1 N–H and O–H groups in total. The van der Waals surface area contributed by atoms with Crippen molar-refractivity contribution in [3.05, 3.63) is 23.4 Å². The number of aliphatic imine (C=N–C) groups is 1. The summed E-state index contributed by atoms with van der Waals surface area (Å²) in [7, 11) is 0. The number of piperidine rings is 1. The van der Waals surface area contributed by atoms with Crippen molar-refractivity contribution in [1.29, 1.82) is 5.26 Å². The lowest BCUT2D eigenvalue weighted by Gasteiger charge is -2.40. The Hall–Kier alpha value is -2.09. The Labute approximate surface area is 145 Å². The normalized spacial score (nSPS) is 28.5. The Balaban J connectivity index is 2.19. The standard InChI is InChI=1S/C19H28N4O/c1-5-21-19-16(7-10-22-19)14(3)15(4)17-12-23(11-8-13(17)2)18(24)6-9-20/h7,10,13,15,17H,5-6,8,11-12H2,1-4H3,(H,21,22)/b16-14+. The zero-order valence-electron chi connectivity index (χ0n) is 15.2. The maximum absolute atomic E-state index is 12.1. The lowest BCUT2D eigenvalue weighted by Crippen LogP contribution is -2.45. The van der Waals surface area contributed by atoms with Gasteiger partial charge in [-0.3, -0.25) is 9.79 Å². The summed E-state index contributed by atoms with van der Waals surface area (Å²) in [6, 6.07) is 1.97. The zero-order chi connectivity index (χ0) is 17.7. The summed E-state index contributed by atoms with van der Waals surface area (Å²) < 4.78 is 0. The minimum atomic E-state index is -0.0393. The molecule has 0 aromatic heterocycles. The predicted octanol–water partition coefficient (Wildman–Crippen LogP) is 2.87. The SMILES string of the molecule is CCN=C1NC=C/C1=C(/C)C(C)C1CN(C(=O)CC#N)CCC1C. The fourth-order valence-electron chi connectivity index (χ4n) is 3.69. The van der Waals surface area contributed by atoms with E-state index in [0.29, 0.717) is 17.8 Å². The van der Waals surface area contributed by atoms with Crippen LogP contribution < -0.4 is 5.32 Å². The van der Waals surface area contributed by atoms with Gasteiger partial charge in [0.2, 0.25) is 5.91 Å². The molecule has 0 aliphatic carbocycles. The molecule has 0 radical (unpaired) electrons. The first-order valence-electron chi connectivity index (χ1n) is 8.83. The van der Waals surface area contributed by atoms with Crippen LogP contribution in [-0.4, -0.2) is 36.3 Å². The van der Waals surface area contributed by atoms with Crippen molar-refractivity contribution in [3.8, 4) is 6.07 Å². The summed E-state index contributed by atoms with van der Waals surface area (Å²) in [6.07, 6.45) is 5.01. The van der Waals surface area contributed by atoms with Crippen LogP contribution in [0.25, 0.3) is 0 Å². The molecule has 1 amide bonds. The largest absolute Gasteiger partial charge is 0.346 e. The van der Waals surface area contributed by atoms with E-state index >= 15 is 0 Å². The highest BCUT2D eigenvalue weighted by Crippen LogP contribution is 2.35. The van der Waals surface area contributed by atoms with Crippen LogP contribution >= 0.6 is 0 Å². The monoisotopic (exact) mass is 328 g/mol. The number of hydrogen-bond donors (Lipinski definition) is 1. The molecule has 130 valence electrons. The van der Waals surface area contributed by atoms with E-state index < -0.39 is 0 Å². The van der Waals surface area contributed by atoms with Gasteiger partial charge in [0.15, 0.2) is 0 Å². The van der Waals surface area contributed by atoms with Crippen LogP contribution in [0.4, 0.5) is 0 Å². The lowest BCUT2D eigenvalue weighted by molar-refractivity contribution is -0.133. The van der Waals surface area contributed by atoms with Gasteiger partial charge >= 0.3 is 0 Å². The molecule has 5 heteroatoms. The molecule has 2 rings (SSSR count). The molecule has 3 unspecified atom stereocenters. The van der Waals surface area contributed by atoms with Crippen LogP contribution in [0.5, 0.6) is 0 Å². The van der Waals surface area contributed by atoms with Gasteiger partial charge < -0.3 is 10.2 Å². The number of amidine groups is 1. The van der Waals surface area contributed by atoms with Gasteiger partial charge in [-0.2, -0.15) is 5.26 Å². The third kappa shape index (κ3) is 3.87. The molecule has 5 nitrogen and oxygen atoms in total. The predicted molar refractivity (Wildman–Crippen MR) is 96.2 cm³/mol. The van der Waals surface area contributed by atoms with Crippen molar-refractivity contribution in [2.75, 3.05) is 19.6 Å². The first-order valence-corrected chi connectivity index (χ1v) is 8.83. The smallest absolute Gasteiger partial charge is 0.236 e. The number of allylic oxidation sites excluding steroid dienone is 1. The Kier molecular flexibility index (Phi) is 6.19. The second-order valence-corrected chi connectivity index (χ2v) is 6.79. The van der Waals surface area contributed by atoms with Crippen LogP contribution in [0.1, 0.15) is 40.5 Å². The number of carbonyl (C=O) groups is 1. The van der Waals surface area contributed by atoms with E-state index in [9.17, 15) is 4.79 Å². The third-order valence-corrected chi connectivity index (χ3v) is 5.39. The Bertz CT molecular complexity index is 611. The van der Waals surface area contributed by atoms with Crippen molar-refractivity contribution < 1.29 is 4.79 Å². The van der Waals surface area contributed by atoms with Gasteiger partial charge in [-0.1, -0.05) is 19.4 Å². The molecule has 2 aliphatic rings. The van der Waals surface area contributed by atoms with Gasteiger partial charge in [0.05, 0.1) is 6.07 Å². The van der Waals surface area contributed by atoms with E-state index in [4.69, 9.17) is 5.26 Å². The van der Waals surface area contributed by atoms with Crippen LogP contribution in [0.2, 0.25) is 0 Å². The van der Waals surface area contributed by atoms with Crippen LogP contribution in [0.15, 0.2) is 28.4 Å². The summed E-state index contributed by atoms with van der Waals surface area (Å²) >= 11 is 0. The van der Waals surface area contributed by atoms with Gasteiger partial charge in [-0.25, -0.2) is 0 Å². The fourth-order valence-corrected chi connectivity index (χ4v) is 3.69. The van der Waals surface area contributed by atoms with Crippen molar-refractivity contribution in [2.45, 2.75) is 40.5 Å². The fraction of sp³-hybridized carbons (Fsp3) is 0.632. The number of nitriles is 1. The molecule has 0 aromatic rings. The van der Waals surface area contributed by atoms with Crippen LogP contribution in [0.3, 0.4) is 0 Å². The highest BCUT2D eigenvalue weighted by atomic mass is 16.2. The van der Waals surface area contributed by atoms with E-state index in [1.54, 1.807) is 0 Å². The highest BCUT2D eigenvalue weighted by Gasteiger charge is 2.33. The quantitative estimate of drug-likeness (QED) is 0.863. The molecule has 0 aromatic carbocycles. The number of nitrogens with one attached hydrogen (secondary N) is 1.